The second kappa shape index (κ2) is 9.44. The number of alkyl halides is 3. The lowest BCUT2D eigenvalue weighted by atomic mass is 10.1. The molecule has 3 rings (SSSR count). The number of carbonyl (C=O) groups excluding carboxylic acids is 2. The average Bonchev–Trinajstić information content (AvgIpc) is 3.17. The molecule has 0 atom stereocenters. The van der Waals surface area contributed by atoms with E-state index in [9.17, 15) is 22.8 Å². The van der Waals surface area contributed by atoms with Crippen molar-refractivity contribution in [2.45, 2.75) is 30.0 Å². The zero-order valence-corrected chi connectivity index (χ0v) is 17.5. The Morgan fingerprint density at radius 1 is 1.23 bits per heavy atom. The normalized spacial score (nSPS) is 15.3. The Morgan fingerprint density at radius 2 is 1.93 bits per heavy atom. The van der Waals surface area contributed by atoms with Crippen LogP contribution in [0.1, 0.15) is 29.0 Å². The van der Waals surface area contributed by atoms with Crippen LogP contribution in [0.4, 0.5) is 18.9 Å². The number of nitrogens with zero attached hydrogens (tertiary/aromatic N) is 3. The number of nitrogens with one attached hydrogen (secondary N) is 1. The number of aromatic nitrogens is 3. The molecule has 1 aliphatic rings. The zero-order chi connectivity index (χ0) is 21.9. The topological polar surface area (TPSA) is 88.2 Å². The fraction of sp³-hybridized carbons (Fsp3) is 0.412. The molecule has 1 N–H and O–H groups in total. The second-order valence-electron chi connectivity index (χ2n) is 6.39. The molecule has 2 heterocycles. The van der Waals surface area contributed by atoms with Crippen molar-refractivity contribution in [1.29, 1.82) is 0 Å². The van der Waals surface area contributed by atoms with Gasteiger partial charge in [-0.3, -0.25) is 0 Å². The molecule has 1 aromatic carbocycles. The van der Waals surface area contributed by atoms with Crippen molar-refractivity contribution in [3.63, 3.8) is 0 Å². The third kappa shape index (κ3) is 5.58. The predicted molar refractivity (Wildman–Crippen MR) is 106 cm³/mol. The maximum atomic E-state index is 12.2. The van der Waals surface area contributed by atoms with Crippen molar-refractivity contribution in [2.24, 2.45) is 0 Å². The fourth-order valence-electron chi connectivity index (χ4n) is 2.90. The van der Waals surface area contributed by atoms with Gasteiger partial charge in [-0.05, 0) is 31.0 Å². The Labute approximate surface area is 183 Å². The SMILES string of the molecule is O=C(OC(=O)C(F)(F)F)c1n[nH]nc1CSC1CCN(c2cc(Cl)ccc2Cl)CC1. The number of benzene rings is 1. The van der Waals surface area contributed by atoms with Gasteiger partial charge in [0.15, 0.2) is 5.69 Å². The highest BCUT2D eigenvalue weighted by atomic mass is 35.5. The van der Waals surface area contributed by atoms with Crippen LogP contribution in [0.25, 0.3) is 0 Å². The molecule has 2 aromatic rings. The molecular formula is C17H15Cl2F3N4O3S. The molecule has 0 amide bonds. The Hall–Kier alpha value is -1.98. The van der Waals surface area contributed by atoms with Gasteiger partial charge in [-0.1, -0.05) is 23.2 Å². The van der Waals surface area contributed by atoms with Crippen molar-refractivity contribution < 1.29 is 27.5 Å². The summed E-state index contributed by atoms with van der Waals surface area (Å²) in [7, 11) is 0. The number of anilines is 1. The molecule has 30 heavy (non-hydrogen) atoms. The number of piperidine rings is 1. The van der Waals surface area contributed by atoms with E-state index in [0.29, 0.717) is 10.0 Å². The van der Waals surface area contributed by atoms with Crippen molar-refractivity contribution in [1.82, 2.24) is 15.4 Å². The number of rotatable bonds is 5. The highest BCUT2D eigenvalue weighted by molar-refractivity contribution is 7.99. The van der Waals surface area contributed by atoms with Crippen molar-refractivity contribution in [3.8, 4) is 0 Å². The quantitative estimate of drug-likeness (QED) is 0.502. The highest BCUT2D eigenvalue weighted by Gasteiger charge is 2.43. The van der Waals surface area contributed by atoms with Crippen LogP contribution in [0.2, 0.25) is 10.0 Å². The third-order valence-electron chi connectivity index (χ3n) is 4.38. The summed E-state index contributed by atoms with van der Waals surface area (Å²) >= 11 is 13.8. The van der Waals surface area contributed by atoms with E-state index in [1.807, 2.05) is 6.07 Å². The number of hydrogen-bond acceptors (Lipinski definition) is 7. The minimum atomic E-state index is -5.27. The molecular weight excluding hydrogens is 468 g/mol. The van der Waals surface area contributed by atoms with Gasteiger partial charge in [0.2, 0.25) is 0 Å². The molecule has 1 aliphatic heterocycles. The van der Waals surface area contributed by atoms with E-state index in [4.69, 9.17) is 23.2 Å². The molecule has 0 aliphatic carbocycles. The lowest BCUT2D eigenvalue weighted by Crippen LogP contribution is -2.35. The molecule has 0 saturated carbocycles. The first-order chi connectivity index (χ1) is 14.1. The lowest BCUT2D eigenvalue weighted by molar-refractivity contribution is -0.193. The van der Waals surface area contributed by atoms with E-state index in [2.05, 4.69) is 25.0 Å². The largest absolute Gasteiger partial charge is 0.491 e. The van der Waals surface area contributed by atoms with Crippen LogP contribution in [-0.2, 0) is 15.3 Å². The molecule has 13 heteroatoms. The van der Waals surface area contributed by atoms with Crippen LogP contribution in [0, 0.1) is 0 Å². The number of esters is 2. The third-order valence-corrected chi connectivity index (χ3v) is 6.31. The van der Waals surface area contributed by atoms with Crippen LogP contribution in [0.5, 0.6) is 0 Å². The van der Waals surface area contributed by atoms with Crippen LogP contribution >= 0.6 is 35.0 Å². The molecule has 162 valence electrons. The van der Waals surface area contributed by atoms with Gasteiger partial charge in [0, 0.05) is 29.1 Å². The number of ether oxygens (including phenoxy) is 1. The Kier molecular flexibility index (Phi) is 7.14. The first-order valence-corrected chi connectivity index (χ1v) is 10.5. The maximum absolute atomic E-state index is 12.2. The lowest BCUT2D eigenvalue weighted by Gasteiger charge is -2.33. The van der Waals surface area contributed by atoms with E-state index < -0.39 is 23.8 Å². The summed E-state index contributed by atoms with van der Waals surface area (Å²) < 4.78 is 40.6. The molecule has 1 saturated heterocycles. The number of hydrogen-bond donors (Lipinski definition) is 1. The first kappa shape index (κ1) is 22.7. The first-order valence-electron chi connectivity index (χ1n) is 8.69. The molecule has 1 fully saturated rings. The van der Waals surface area contributed by atoms with Gasteiger partial charge < -0.3 is 9.64 Å². The van der Waals surface area contributed by atoms with E-state index >= 15 is 0 Å². The number of thioether (sulfide) groups is 1. The summed E-state index contributed by atoms with van der Waals surface area (Å²) in [6, 6.07) is 5.28. The minimum Gasteiger partial charge on any atom is -0.381 e. The second-order valence-corrected chi connectivity index (χ2v) is 8.52. The van der Waals surface area contributed by atoms with Crippen molar-refractivity contribution in [3.05, 3.63) is 39.6 Å². The van der Waals surface area contributed by atoms with Crippen LogP contribution < -0.4 is 4.90 Å². The number of aromatic amines is 1. The smallest absolute Gasteiger partial charge is 0.381 e. The summed E-state index contributed by atoms with van der Waals surface area (Å²) in [6.07, 6.45) is -3.64. The van der Waals surface area contributed by atoms with Gasteiger partial charge in [0.05, 0.1) is 10.7 Å². The number of carbonyl (C=O) groups is 2. The van der Waals surface area contributed by atoms with Crippen molar-refractivity contribution >= 4 is 52.6 Å². The van der Waals surface area contributed by atoms with Crippen LogP contribution in [-0.4, -0.2) is 51.9 Å². The summed E-state index contributed by atoms with van der Waals surface area (Å²) in [4.78, 5) is 24.7. The Morgan fingerprint density at radius 3 is 2.60 bits per heavy atom. The molecule has 0 unspecified atom stereocenters. The van der Waals surface area contributed by atoms with Gasteiger partial charge in [-0.2, -0.15) is 35.2 Å². The highest BCUT2D eigenvalue weighted by Crippen LogP contribution is 2.34. The standard InChI is InChI=1S/C17H15Cl2F3N4O3S/c18-9-1-2-11(19)13(7-9)26-5-3-10(4-6-26)30-8-12-14(24-25-23-12)15(27)29-16(28)17(20,21)22/h1-2,7,10H,3-6,8H2,(H,23,24,25). The molecule has 7 nitrogen and oxygen atoms in total. The van der Waals surface area contributed by atoms with Crippen molar-refractivity contribution in [2.75, 3.05) is 18.0 Å². The van der Waals surface area contributed by atoms with E-state index in [-0.39, 0.29) is 16.7 Å². The van der Waals surface area contributed by atoms with Gasteiger partial charge in [-0.15, -0.1) is 5.10 Å². The van der Waals surface area contributed by atoms with Gasteiger partial charge in [0.1, 0.15) is 5.69 Å². The van der Waals surface area contributed by atoms with Crippen LogP contribution in [0.15, 0.2) is 18.2 Å². The van der Waals surface area contributed by atoms with Gasteiger partial charge >= 0.3 is 18.1 Å². The van der Waals surface area contributed by atoms with E-state index in [1.54, 1.807) is 12.1 Å². The summed E-state index contributed by atoms with van der Waals surface area (Å²) in [5.41, 5.74) is 0.548. The van der Waals surface area contributed by atoms with Gasteiger partial charge in [0.25, 0.3) is 0 Å². The average molecular weight is 483 g/mol. The van der Waals surface area contributed by atoms with Crippen LogP contribution in [0.3, 0.4) is 0 Å². The monoisotopic (exact) mass is 482 g/mol. The molecule has 0 spiro atoms. The van der Waals surface area contributed by atoms with E-state index in [1.165, 1.54) is 11.8 Å². The Balaban J connectivity index is 1.53. The van der Waals surface area contributed by atoms with Gasteiger partial charge in [-0.25, -0.2) is 9.59 Å². The number of halogens is 5. The summed E-state index contributed by atoms with van der Waals surface area (Å²) in [6.45, 7) is 1.48. The maximum Gasteiger partial charge on any atom is 0.491 e. The zero-order valence-electron chi connectivity index (χ0n) is 15.2. The predicted octanol–water partition coefficient (Wildman–Crippen LogP) is 4.26. The van der Waals surface area contributed by atoms with E-state index in [0.717, 1.165) is 31.6 Å². The molecule has 0 bridgehead atoms. The molecule has 1 aromatic heterocycles. The Bertz CT molecular complexity index is 933. The molecule has 0 radical (unpaired) electrons. The minimum absolute atomic E-state index is 0.125. The number of H-pyrrole nitrogens is 1. The fourth-order valence-corrected chi connectivity index (χ4v) is 4.44. The summed E-state index contributed by atoms with van der Waals surface area (Å²) in [5.74, 6) is -3.86. The summed E-state index contributed by atoms with van der Waals surface area (Å²) in [5, 5.41) is 10.9.